The van der Waals surface area contributed by atoms with Crippen molar-refractivity contribution < 1.29 is 0 Å². The number of aromatic nitrogens is 4. The summed E-state index contributed by atoms with van der Waals surface area (Å²) in [6, 6.07) is 11.7. The molecule has 2 N–H and O–H groups in total. The molecule has 0 aromatic carbocycles. The summed E-state index contributed by atoms with van der Waals surface area (Å²) in [7, 11) is 0. The summed E-state index contributed by atoms with van der Waals surface area (Å²) in [5.41, 5.74) is 3.65. The molecule has 0 saturated heterocycles. The van der Waals surface area contributed by atoms with Gasteiger partial charge in [-0.1, -0.05) is 12.1 Å². The molecule has 4 rings (SSSR count). The Morgan fingerprint density at radius 2 is 1.14 bits per heavy atom. The summed E-state index contributed by atoms with van der Waals surface area (Å²) < 4.78 is 0. The predicted molar refractivity (Wildman–Crippen MR) is 117 cm³/mol. The Bertz CT molecular complexity index is 902. The van der Waals surface area contributed by atoms with E-state index >= 15 is 0 Å². The zero-order valence-electron chi connectivity index (χ0n) is 15.2. The summed E-state index contributed by atoms with van der Waals surface area (Å²) >= 11 is 3.23. The molecule has 0 atom stereocenters. The van der Waals surface area contributed by atoms with Gasteiger partial charge >= 0.3 is 0 Å². The van der Waals surface area contributed by atoms with Gasteiger partial charge in [0.1, 0.15) is 11.4 Å². The van der Waals surface area contributed by atoms with Crippen LogP contribution < -0.4 is 10.6 Å². The number of rotatable bonds is 9. The average molecular weight is 409 g/mol. The first kappa shape index (κ1) is 18.5. The minimum atomic E-state index is 0.897. The molecule has 6 nitrogen and oxygen atoms in total. The lowest BCUT2D eigenvalue weighted by molar-refractivity contribution is 0.794. The highest BCUT2D eigenvalue weighted by molar-refractivity contribution is 7.14. The van der Waals surface area contributed by atoms with E-state index in [-0.39, 0.29) is 0 Å². The average Bonchev–Trinajstić information content (AvgIpc) is 3.42. The minimum Gasteiger partial charge on any atom is -0.362 e. The summed E-state index contributed by atoms with van der Waals surface area (Å²) in [4.78, 5) is 17.8. The molecule has 0 bridgehead atoms. The van der Waals surface area contributed by atoms with Crippen molar-refractivity contribution in [1.29, 1.82) is 0 Å². The topological polar surface area (TPSA) is 75.6 Å². The highest BCUT2D eigenvalue weighted by Crippen LogP contribution is 2.24. The zero-order chi connectivity index (χ0) is 19.0. The maximum atomic E-state index is 4.59. The highest BCUT2D eigenvalue weighted by atomic mass is 32.1. The molecule has 4 heterocycles. The van der Waals surface area contributed by atoms with Crippen LogP contribution in [0, 0.1) is 0 Å². The monoisotopic (exact) mass is 408 g/mol. The number of anilines is 2. The van der Waals surface area contributed by atoms with Crippen LogP contribution in [0.5, 0.6) is 0 Å². The SMILES string of the molecule is c1ccc(-c2csc(NCCCCNc3nc(-c4ccccn4)cs3)n2)nc1. The van der Waals surface area contributed by atoms with Crippen molar-refractivity contribution in [2.45, 2.75) is 12.8 Å². The van der Waals surface area contributed by atoms with Crippen LogP contribution in [0.25, 0.3) is 22.8 Å². The maximum Gasteiger partial charge on any atom is 0.183 e. The molecular formula is C20H20N6S2. The molecule has 28 heavy (non-hydrogen) atoms. The maximum absolute atomic E-state index is 4.59. The van der Waals surface area contributed by atoms with Crippen molar-refractivity contribution in [1.82, 2.24) is 19.9 Å². The largest absolute Gasteiger partial charge is 0.362 e. The molecule has 142 valence electrons. The van der Waals surface area contributed by atoms with Crippen molar-refractivity contribution in [3.63, 3.8) is 0 Å². The molecule has 0 spiro atoms. The van der Waals surface area contributed by atoms with Gasteiger partial charge in [0, 0.05) is 36.2 Å². The Morgan fingerprint density at radius 1 is 0.643 bits per heavy atom. The number of nitrogens with one attached hydrogen (secondary N) is 2. The molecular weight excluding hydrogens is 388 g/mol. The predicted octanol–water partition coefficient (Wildman–Crippen LogP) is 5.03. The van der Waals surface area contributed by atoms with Gasteiger partial charge < -0.3 is 10.6 Å². The van der Waals surface area contributed by atoms with Gasteiger partial charge in [-0.3, -0.25) is 9.97 Å². The standard InChI is InChI=1S/C20H20N6S2/c1-3-9-21-15(7-1)17-13-27-19(25-17)23-11-5-6-12-24-20-26-18(14-28-20)16-8-2-4-10-22-16/h1-4,7-10,13-14H,5-6,11-12H2,(H,23,25)(H,24,26). The van der Waals surface area contributed by atoms with Crippen LogP contribution in [0.4, 0.5) is 10.3 Å². The van der Waals surface area contributed by atoms with E-state index in [0.717, 1.165) is 59.0 Å². The van der Waals surface area contributed by atoms with E-state index in [1.165, 1.54) is 0 Å². The zero-order valence-corrected chi connectivity index (χ0v) is 16.8. The second-order valence-electron chi connectivity index (χ2n) is 6.07. The van der Waals surface area contributed by atoms with Gasteiger partial charge in [-0.2, -0.15) is 0 Å². The number of pyridine rings is 2. The number of hydrogen-bond donors (Lipinski definition) is 2. The first-order valence-electron chi connectivity index (χ1n) is 9.10. The lowest BCUT2D eigenvalue weighted by atomic mass is 10.3. The van der Waals surface area contributed by atoms with Gasteiger partial charge in [0.25, 0.3) is 0 Å². The summed E-state index contributed by atoms with van der Waals surface area (Å²) in [5, 5.41) is 12.7. The van der Waals surface area contributed by atoms with Gasteiger partial charge in [-0.25, -0.2) is 9.97 Å². The molecule has 4 aromatic heterocycles. The number of thiazole rings is 2. The Kier molecular flexibility index (Phi) is 6.21. The lowest BCUT2D eigenvalue weighted by Crippen LogP contribution is -2.06. The summed E-state index contributed by atoms with van der Waals surface area (Å²) in [6.45, 7) is 1.79. The van der Waals surface area contributed by atoms with Crippen molar-refractivity contribution in [3.8, 4) is 22.8 Å². The molecule has 0 unspecified atom stereocenters. The van der Waals surface area contributed by atoms with E-state index < -0.39 is 0 Å². The van der Waals surface area contributed by atoms with E-state index in [4.69, 9.17) is 0 Å². The second kappa shape index (κ2) is 9.38. The molecule has 0 amide bonds. The molecule has 0 aliphatic carbocycles. The fraction of sp³-hybridized carbons (Fsp3) is 0.200. The minimum absolute atomic E-state index is 0.897. The van der Waals surface area contributed by atoms with Crippen LogP contribution in [0.15, 0.2) is 59.6 Å². The van der Waals surface area contributed by atoms with E-state index in [0.29, 0.717) is 0 Å². The van der Waals surface area contributed by atoms with E-state index in [1.54, 1.807) is 35.1 Å². The third-order valence-corrected chi connectivity index (χ3v) is 5.62. The third kappa shape index (κ3) is 4.90. The van der Waals surface area contributed by atoms with Crippen molar-refractivity contribution in [2.75, 3.05) is 23.7 Å². The smallest absolute Gasteiger partial charge is 0.183 e. The molecule has 0 fully saturated rings. The van der Waals surface area contributed by atoms with Crippen LogP contribution in [0.3, 0.4) is 0 Å². The van der Waals surface area contributed by atoms with Crippen molar-refractivity contribution in [3.05, 3.63) is 59.6 Å². The van der Waals surface area contributed by atoms with Gasteiger partial charge in [0.05, 0.1) is 11.4 Å². The Balaban J connectivity index is 1.16. The normalized spacial score (nSPS) is 10.7. The Hall–Kier alpha value is -2.84. The number of nitrogens with zero attached hydrogens (tertiary/aromatic N) is 4. The van der Waals surface area contributed by atoms with Crippen LogP contribution in [-0.4, -0.2) is 33.0 Å². The molecule has 0 radical (unpaired) electrons. The van der Waals surface area contributed by atoms with E-state index in [2.05, 4.69) is 30.6 Å². The molecule has 8 heteroatoms. The van der Waals surface area contributed by atoms with Crippen LogP contribution >= 0.6 is 22.7 Å². The molecule has 4 aromatic rings. The lowest BCUT2D eigenvalue weighted by Gasteiger charge is -2.04. The van der Waals surface area contributed by atoms with Crippen molar-refractivity contribution in [2.24, 2.45) is 0 Å². The van der Waals surface area contributed by atoms with Gasteiger partial charge in [0.15, 0.2) is 10.3 Å². The summed E-state index contributed by atoms with van der Waals surface area (Å²) in [6.07, 6.45) is 5.70. The Morgan fingerprint density at radius 3 is 1.57 bits per heavy atom. The van der Waals surface area contributed by atoms with E-state index in [9.17, 15) is 0 Å². The first-order valence-corrected chi connectivity index (χ1v) is 10.9. The van der Waals surface area contributed by atoms with Gasteiger partial charge in [0.2, 0.25) is 0 Å². The second-order valence-corrected chi connectivity index (χ2v) is 7.78. The number of hydrogen-bond acceptors (Lipinski definition) is 8. The third-order valence-electron chi connectivity index (χ3n) is 4.02. The fourth-order valence-electron chi connectivity index (χ4n) is 2.61. The van der Waals surface area contributed by atoms with Crippen LogP contribution in [-0.2, 0) is 0 Å². The molecule has 0 saturated carbocycles. The van der Waals surface area contributed by atoms with Crippen LogP contribution in [0.1, 0.15) is 12.8 Å². The Labute approximate surface area is 171 Å². The number of unbranched alkanes of at least 4 members (excludes halogenated alkanes) is 1. The van der Waals surface area contributed by atoms with Gasteiger partial charge in [-0.15, -0.1) is 22.7 Å². The van der Waals surface area contributed by atoms with Crippen LogP contribution in [0.2, 0.25) is 0 Å². The first-order chi connectivity index (χ1) is 13.9. The fourth-order valence-corrected chi connectivity index (χ4v) is 4.08. The summed E-state index contributed by atoms with van der Waals surface area (Å²) in [5.74, 6) is 0. The van der Waals surface area contributed by atoms with Gasteiger partial charge in [-0.05, 0) is 37.1 Å². The highest BCUT2D eigenvalue weighted by Gasteiger charge is 2.06. The van der Waals surface area contributed by atoms with Crippen molar-refractivity contribution >= 4 is 32.9 Å². The molecule has 0 aliphatic heterocycles. The van der Waals surface area contributed by atoms with E-state index in [1.807, 2.05) is 47.2 Å². The molecule has 0 aliphatic rings. The quantitative estimate of drug-likeness (QED) is 0.378.